The van der Waals surface area contributed by atoms with Crippen LogP contribution in [-0.4, -0.2) is 37.4 Å². The van der Waals surface area contributed by atoms with Crippen LogP contribution < -0.4 is 10.6 Å². The molecule has 2 aromatic rings. The van der Waals surface area contributed by atoms with Crippen LogP contribution in [0.5, 0.6) is 0 Å². The van der Waals surface area contributed by atoms with Gasteiger partial charge in [-0.2, -0.15) is 0 Å². The standard InChI is InChI=1S/C20H24BrFN4O/c1-23-20(25-13-15-7-9-17(22)10-8-15)24-12-11-19(27)26(2)14-16-5-3-4-6-18(16)21/h3-10H,11-14H2,1-2H3,(H2,23,24,25). The van der Waals surface area contributed by atoms with Gasteiger partial charge in [0.1, 0.15) is 5.82 Å². The zero-order valence-corrected chi connectivity index (χ0v) is 17.1. The van der Waals surface area contributed by atoms with Crippen LogP contribution in [0.4, 0.5) is 4.39 Å². The Bertz CT molecular complexity index is 780. The van der Waals surface area contributed by atoms with E-state index in [4.69, 9.17) is 0 Å². The van der Waals surface area contributed by atoms with Gasteiger partial charge in [0.15, 0.2) is 5.96 Å². The van der Waals surface area contributed by atoms with E-state index in [0.717, 1.165) is 15.6 Å². The lowest BCUT2D eigenvalue weighted by molar-refractivity contribution is -0.130. The number of carbonyl (C=O) groups is 1. The van der Waals surface area contributed by atoms with E-state index in [1.807, 2.05) is 24.3 Å². The Morgan fingerprint density at radius 2 is 1.85 bits per heavy atom. The molecule has 2 N–H and O–H groups in total. The summed E-state index contributed by atoms with van der Waals surface area (Å²) >= 11 is 3.50. The number of amides is 1. The van der Waals surface area contributed by atoms with Gasteiger partial charge in [-0.3, -0.25) is 9.79 Å². The SMILES string of the molecule is CN=C(NCCC(=O)N(C)Cc1ccccc1Br)NCc1ccc(F)cc1. The Balaban J connectivity index is 1.73. The third-order valence-electron chi connectivity index (χ3n) is 4.02. The van der Waals surface area contributed by atoms with E-state index in [9.17, 15) is 9.18 Å². The van der Waals surface area contributed by atoms with Crippen LogP contribution in [0, 0.1) is 5.82 Å². The first-order chi connectivity index (χ1) is 13.0. The average molecular weight is 435 g/mol. The number of hydrogen-bond acceptors (Lipinski definition) is 2. The Kier molecular flexibility index (Phi) is 8.26. The van der Waals surface area contributed by atoms with Crippen LogP contribution in [-0.2, 0) is 17.9 Å². The number of benzene rings is 2. The molecule has 0 radical (unpaired) electrons. The summed E-state index contributed by atoms with van der Waals surface area (Å²) in [5.41, 5.74) is 2.02. The highest BCUT2D eigenvalue weighted by atomic mass is 79.9. The second kappa shape index (κ2) is 10.7. The van der Waals surface area contributed by atoms with Crippen LogP contribution in [0.1, 0.15) is 17.5 Å². The minimum atomic E-state index is -0.258. The first-order valence-electron chi connectivity index (χ1n) is 8.66. The molecule has 0 aliphatic rings. The largest absolute Gasteiger partial charge is 0.356 e. The van der Waals surface area contributed by atoms with Gasteiger partial charge in [-0.15, -0.1) is 0 Å². The van der Waals surface area contributed by atoms with Gasteiger partial charge >= 0.3 is 0 Å². The van der Waals surface area contributed by atoms with Gasteiger partial charge in [0, 0.05) is 44.6 Å². The number of guanidine groups is 1. The predicted octanol–water partition coefficient (Wildman–Crippen LogP) is 3.30. The number of rotatable bonds is 7. The first-order valence-corrected chi connectivity index (χ1v) is 9.45. The van der Waals surface area contributed by atoms with Crippen molar-refractivity contribution < 1.29 is 9.18 Å². The minimum Gasteiger partial charge on any atom is -0.356 e. The quantitative estimate of drug-likeness (QED) is 0.519. The number of nitrogens with one attached hydrogen (secondary N) is 2. The molecule has 0 fully saturated rings. The highest BCUT2D eigenvalue weighted by Gasteiger charge is 2.11. The number of carbonyl (C=O) groups excluding carboxylic acids is 1. The third kappa shape index (κ3) is 7.02. The lowest BCUT2D eigenvalue weighted by Crippen LogP contribution is -2.39. The summed E-state index contributed by atoms with van der Waals surface area (Å²) < 4.78 is 13.9. The second-order valence-electron chi connectivity index (χ2n) is 6.07. The Morgan fingerprint density at radius 1 is 1.15 bits per heavy atom. The fourth-order valence-corrected chi connectivity index (χ4v) is 2.87. The lowest BCUT2D eigenvalue weighted by atomic mass is 10.2. The molecule has 2 rings (SSSR count). The maximum absolute atomic E-state index is 12.9. The highest BCUT2D eigenvalue weighted by molar-refractivity contribution is 9.10. The Morgan fingerprint density at radius 3 is 2.52 bits per heavy atom. The van der Waals surface area contributed by atoms with E-state index in [2.05, 4.69) is 31.6 Å². The maximum atomic E-state index is 12.9. The summed E-state index contributed by atoms with van der Waals surface area (Å²) in [5, 5.41) is 6.26. The summed E-state index contributed by atoms with van der Waals surface area (Å²) in [5.74, 6) is 0.388. The van der Waals surface area contributed by atoms with Crippen LogP contribution in [0.25, 0.3) is 0 Å². The molecule has 0 heterocycles. The van der Waals surface area contributed by atoms with Crippen molar-refractivity contribution in [2.45, 2.75) is 19.5 Å². The van der Waals surface area contributed by atoms with Crippen LogP contribution >= 0.6 is 15.9 Å². The molecule has 1 amide bonds. The van der Waals surface area contributed by atoms with Crippen molar-refractivity contribution in [2.75, 3.05) is 20.6 Å². The summed E-state index contributed by atoms with van der Waals surface area (Å²) in [7, 11) is 3.46. The summed E-state index contributed by atoms with van der Waals surface area (Å²) in [6, 6.07) is 14.1. The van der Waals surface area contributed by atoms with E-state index in [-0.39, 0.29) is 11.7 Å². The zero-order valence-electron chi connectivity index (χ0n) is 15.5. The molecule has 0 saturated heterocycles. The van der Waals surface area contributed by atoms with Crippen molar-refractivity contribution in [3.63, 3.8) is 0 Å². The first kappa shape index (κ1) is 20.9. The van der Waals surface area contributed by atoms with Crippen LogP contribution in [0.3, 0.4) is 0 Å². The molecule has 0 aliphatic heterocycles. The van der Waals surface area contributed by atoms with Crippen molar-refractivity contribution in [1.82, 2.24) is 15.5 Å². The molecule has 2 aromatic carbocycles. The molecule has 0 spiro atoms. The number of halogens is 2. The number of hydrogen-bond donors (Lipinski definition) is 2. The molecule has 5 nitrogen and oxygen atoms in total. The molecule has 0 aromatic heterocycles. The van der Waals surface area contributed by atoms with Gasteiger partial charge in [-0.1, -0.05) is 46.3 Å². The van der Waals surface area contributed by atoms with Gasteiger partial charge in [0.05, 0.1) is 0 Å². The molecule has 0 atom stereocenters. The fraction of sp³-hybridized carbons (Fsp3) is 0.300. The maximum Gasteiger partial charge on any atom is 0.224 e. The van der Waals surface area contributed by atoms with Gasteiger partial charge in [0.2, 0.25) is 5.91 Å². The van der Waals surface area contributed by atoms with Crippen molar-refractivity contribution in [3.05, 3.63) is 69.9 Å². The fourth-order valence-electron chi connectivity index (χ4n) is 2.46. The molecule has 7 heteroatoms. The van der Waals surface area contributed by atoms with E-state index in [0.29, 0.717) is 32.0 Å². The molecule has 0 saturated carbocycles. The van der Waals surface area contributed by atoms with E-state index in [1.54, 1.807) is 31.1 Å². The zero-order chi connectivity index (χ0) is 19.6. The molecule has 0 aliphatic carbocycles. The normalized spacial score (nSPS) is 11.2. The Hall–Kier alpha value is -2.41. The highest BCUT2D eigenvalue weighted by Crippen LogP contribution is 2.17. The third-order valence-corrected chi connectivity index (χ3v) is 4.79. The van der Waals surface area contributed by atoms with E-state index in [1.165, 1.54) is 12.1 Å². The summed E-state index contributed by atoms with van der Waals surface area (Å²) in [4.78, 5) is 18.2. The van der Waals surface area contributed by atoms with Crippen molar-refractivity contribution >= 4 is 27.8 Å². The van der Waals surface area contributed by atoms with E-state index < -0.39 is 0 Å². The van der Waals surface area contributed by atoms with Gasteiger partial charge in [-0.25, -0.2) is 4.39 Å². The average Bonchev–Trinajstić information content (AvgIpc) is 2.67. The topological polar surface area (TPSA) is 56.7 Å². The second-order valence-corrected chi connectivity index (χ2v) is 6.92. The summed E-state index contributed by atoms with van der Waals surface area (Å²) in [6.07, 6.45) is 0.359. The minimum absolute atomic E-state index is 0.0484. The Labute approximate surface area is 167 Å². The lowest BCUT2D eigenvalue weighted by Gasteiger charge is -2.19. The molecule has 144 valence electrons. The number of nitrogens with zero attached hydrogens (tertiary/aromatic N) is 2. The predicted molar refractivity (Wildman–Crippen MR) is 110 cm³/mol. The molecule has 27 heavy (non-hydrogen) atoms. The molecular formula is C20H24BrFN4O. The van der Waals surface area contributed by atoms with Crippen molar-refractivity contribution in [3.8, 4) is 0 Å². The number of aliphatic imine (C=N–C) groups is 1. The van der Waals surface area contributed by atoms with Gasteiger partial charge in [-0.05, 0) is 29.3 Å². The molecular weight excluding hydrogens is 411 g/mol. The van der Waals surface area contributed by atoms with Crippen LogP contribution in [0.2, 0.25) is 0 Å². The van der Waals surface area contributed by atoms with Gasteiger partial charge in [0.25, 0.3) is 0 Å². The monoisotopic (exact) mass is 434 g/mol. The van der Waals surface area contributed by atoms with Crippen LogP contribution in [0.15, 0.2) is 58.0 Å². The van der Waals surface area contributed by atoms with Crippen molar-refractivity contribution in [2.24, 2.45) is 4.99 Å². The summed E-state index contributed by atoms with van der Waals surface area (Å²) in [6.45, 7) is 1.55. The van der Waals surface area contributed by atoms with Gasteiger partial charge < -0.3 is 15.5 Å². The molecule has 0 bridgehead atoms. The smallest absolute Gasteiger partial charge is 0.224 e. The molecule has 0 unspecified atom stereocenters. The van der Waals surface area contributed by atoms with E-state index >= 15 is 0 Å². The van der Waals surface area contributed by atoms with Crippen molar-refractivity contribution in [1.29, 1.82) is 0 Å².